The highest BCUT2D eigenvalue weighted by molar-refractivity contribution is 6.05. The number of hydrogen-bond acceptors (Lipinski definition) is 5. The molecular weight excluding hydrogens is 158 g/mol. The van der Waals surface area contributed by atoms with E-state index in [-0.39, 0.29) is 0 Å². The Balaban J connectivity index is 2.63. The molecule has 1 aliphatic heterocycles. The van der Waals surface area contributed by atoms with Gasteiger partial charge < -0.3 is 15.4 Å². The van der Waals surface area contributed by atoms with E-state index in [1.807, 2.05) is 11.9 Å². The van der Waals surface area contributed by atoms with Crippen LogP contribution in [0.5, 0.6) is 0 Å². The van der Waals surface area contributed by atoms with Gasteiger partial charge in [-0.25, -0.2) is 4.79 Å². The van der Waals surface area contributed by atoms with Crippen LogP contribution in [0.1, 0.15) is 0 Å². The molecule has 1 unspecified atom stereocenters. The molecule has 0 fully saturated rings. The molecule has 5 nitrogen and oxygen atoms in total. The third-order valence-corrected chi connectivity index (χ3v) is 1.83. The van der Waals surface area contributed by atoms with Gasteiger partial charge in [-0.2, -0.15) is 0 Å². The van der Waals surface area contributed by atoms with Crippen molar-refractivity contribution in [2.45, 2.75) is 6.04 Å². The number of hydrogen-bond donors (Lipinski definition) is 1. The molecule has 0 aromatic heterocycles. The van der Waals surface area contributed by atoms with Crippen molar-refractivity contribution in [3.05, 3.63) is 0 Å². The lowest BCUT2D eigenvalue weighted by Gasteiger charge is -2.17. The lowest BCUT2D eigenvalue weighted by molar-refractivity contribution is -0.140. The number of carbonyl (C=O) groups is 1. The fourth-order valence-electron chi connectivity index (χ4n) is 1.12. The van der Waals surface area contributed by atoms with Crippen LogP contribution in [-0.2, 0) is 9.53 Å². The summed E-state index contributed by atoms with van der Waals surface area (Å²) in [6, 6.07) is -0.734. The maximum Gasteiger partial charge on any atom is 0.330 e. The average molecular weight is 171 g/mol. The number of methoxy groups -OCH3 is 1. The molecule has 0 spiro atoms. The Morgan fingerprint density at radius 1 is 1.83 bits per heavy atom. The van der Waals surface area contributed by atoms with Gasteiger partial charge in [0.25, 0.3) is 0 Å². The molecule has 0 saturated carbocycles. The molecule has 0 aromatic carbocycles. The maximum atomic E-state index is 11.0. The number of nitrogens with zero attached hydrogens (tertiary/aromatic N) is 2. The second-order valence-electron chi connectivity index (χ2n) is 2.66. The number of likely N-dealkylation sites (N-methyl/N-ethyl adjacent to an activating group) is 1. The van der Waals surface area contributed by atoms with E-state index in [1.54, 1.807) is 0 Å². The molecular formula is C7H13N3O2. The Hall–Kier alpha value is -1.10. The topological polar surface area (TPSA) is 67.9 Å². The van der Waals surface area contributed by atoms with Gasteiger partial charge in [-0.05, 0) is 0 Å². The van der Waals surface area contributed by atoms with Gasteiger partial charge in [0.2, 0.25) is 0 Å². The number of amidine groups is 1. The number of nitrogens with two attached hydrogens (primary N) is 1. The lowest BCUT2D eigenvalue weighted by atomic mass is 10.3. The molecule has 0 amide bonds. The largest absolute Gasteiger partial charge is 0.468 e. The molecule has 0 bridgehead atoms. The highest BCUT2D eigenvalue weighted by Crippen LogP contribution is 2.01. The molecule has 1 rings (SSSR count). The molecule has 0 radical (unpaired) electrons. The predicted molar refractivity (Wildman–Crippen MR) is 44.9 cm³/mol. The summed E-state index contributed by atoms with van der Waals surface area (Å²) in [6.07, 6.45) is 0. The summed E-state index contributed by atoms with van der Waals surface area (Å²) < 4.78 is 4.50. The van der Waals surface area contributed by atoms with Gasteiger partial charge in [-0.15, -0.1) is 0 Å². The molecule has 1 aliphatic rings. The fraction of sp³-hybridized carbons (Fsp3) is 0.714. The Morgan fingerprint density at radius 2 is 2.50 bits per heavy atom. The van der Waals surface area contributed by atoms with Crippen molar-refractivity contribution in [3.63, 3.8) is 0 Å². The highest BCUT2D eigenvalue weighted by atomic mass is 16.5. The number of aliphatic imine (C=N–C) groups is 1. The highest BCUT2D eigenvalue weighted by Gasteiger charge is 2.26. The predicted octanol–water partition coefficient (Wildman–Crippen LogP) is -1.17. The van der Waals surface area contributed by atoms with Crippen LogP contribution < -0.4 is 5.73 Å². The first-order valence-electron chi connectivity index (χ1n) is 3.75. The van der Waals surface area contributed by atoms with E-state index in [0.717, 1.165) is 6.54 Å². The van der Waals surface area contributed by atoms with Crippen molar-refractivity contribution in [1.29, 1.82) is 0 Å². The van der Waals surface area contributed by atoms with Gasteiger partial charge >= 0.3 is 5.97 Å². The number of carbonyl (C=O) groups excluding carboxylic acids is 1. The van der Waals surface area contributed by atoms with Gasteiger partial charge in [0.15, 0.2) is 6.04 Å². The molecule has 68 valence electrons. The Labute approximate surface area is 71.2 Å². The van der Waals surface area contributed by atoms with E-state index in [9.17, 15) is 4.79 Å². The van der Waals surface area contributed by atoms with Crippen molar-refractivity contribution < 1.29 is 9.53 Å². The van der Waals surface area contributed by atoms with E-state index < -0.39 is 12.0 Å². The molecule has 12 heavy (non-hydrogen) atoms. The summed E-state index contributed by atoms with van der Waals surface area (Å²) in [5, 5.41) is 0. The first-order chi connectivity index (χ1) is 5.66. The quantitative estimate of drug-likeness (QED) is 0.532. The van der Waals surface area contributed by atoms with Crippen molar-refractivity contribution in [1.82, 2.24) is 4.90 Å². The number of rotatable bonds is 2. The second kappa shape index (κ2) is 3.53. The first-order valence-corrected chi connectivity index (χ1v) is 3.75. The third kappa shape index (κ3) is 1.55. The van der Waals surface area contributed by atoms with Gasteiger partial charge in [0.05, 0.1) is 13.7 Å². The Kier molecular flexibility index (Phi) is 2.65. The average Bonchev–Trinajstić information content (AvgIpc) is 2.48. The normalized spacial score (nSPS) is 18.9. The van der Waals surface area contributed by atoms with E-state index in [0.29, 0.717) is 12.4 Å². The van der Waals surface area contributed by atoms with Gasteiger partial charge in [-0.1, -0.05) is 0 Å². The van der Waals surface area contributed by atoms with E-state index >= 15 is 0 Å². The minimum absolute atomic E-state index is 0.442. The molecule has 1 atom stereocenters. The molecule has 1 heterocycles. The SMILES string of the molecule is COC(=O)C(N)C1=NCCN1C. The number of ether oxygens (including phenoxy) is 1. The van der Waals surface area contributed by atoms with Crippen LogP contribution >= 0.6 is 0 Å². The van der Waals surface area contributed by atoms with Gasteiger partial charge in [0.1, 0.15) is 5.84 Å². The van der Waals surface area contributed by atoms with Crippen LogP contribution in [0.25, 0.3) is 0 Å². The smallest absolute Gasteiger partial charge is 0.330 e. The van der Waals surface area contributed by atoms with Crippen LogP contribution in [0, 0.1) is 0 Å². The maximum absolute atomic E-state index is 11.0. The summed E-state index contributed by atoms with van der Waals surface area (Å²) in [5.74, 6) is 0.171. The molecule has 0 aromatic rings. The summed E-state index contributed by atoms with van der Waals surface area (Å²) in [6.45, 7) is 1.52. The van der Waals surface area contributed by atoms with Crippen molar-refractivity contribution in [2.24, 2.45) is 10.7 Å². The zero-order valence-corrected chi connectivity index (χ0v) is 7.28. The van der Waals surface area contributed by atoms with Crippen molar-refractivity contribution in [2.75, 3.05) is 27.2 Å². The minimum Gasteiger partial charge on any atom is -0.468 e. The van der Waals surface area contributed by atoms with Crippen molar-refractivity contribution in [3.8, 4) is 0 Å². The van der Waals surface area contributed by atoms with Crippen LogP contribution in [0.4, 0.5) is 0 Å². The van der Waals surface area contributed by atoms with Crippen LogP contribution in [0.15, 0.2) is 4.99 Å². The molecule has 2 N–H and O–H groups in total. The standard InChI is InChI=1S/C7H13N3O2/c1-10-4-3-9-6(10)5(8)7(11)12-2/h5H,3-4,8H2,1-2H3. The molecule has 0 aliphatic carbocycles. The first kappa shape index (κ1) is 8.99. The third-order valence-electron chi connectivity index (χ3n) is 1.83. The van der Waals surface area contributed by atoms with Gasteiger partial charge in [-0.3, -0.25) is 4.99 Å². The van der Waals surface area contributed by atoms with E-state index in [4.69, 9.17) is 5.73 Å². The zero-order valence-electron chi connectivity index (χ0n) is 7.28. The summed E-state index contributed by atoms with van der Waals surface area (Å²) in [5.41, 5.74) is 5.58. The van der Waals surface area contributed by atoms with Crippen LogP contribution in [0.2, 0.25) is 0 Å². The Morgan fingerprint density at radius 3 is 2.92 bits per heavy atom. The summed E-state index contributed by atoms with van der Waals surface area (Å²) in [7, 11) is 3.17. The second-order valence-corrected chi connectivity index (χ2v) is 2.66. The van der Waals surface area contributed by atoms with Gasteiger partial charge in [0, 0.05) is 13.6 Å². The monoisotopic (exact) mass is 171 g/mol. The molecule has 5 heteroatoms. The molecule has 0 saturated heterocycles. The van der Waals surface area contributed by atoms with Crippen molar-refractivity contribution >= 4 is 11.8 Å². The fourth-order valence-corrected chi connectivity index (χ4v) is 1.12. The minimum atomic E-state index is -0.734. The Bertz CT molecular complexity index is 215. The zero-order chi connectivity index (χ0) is 9.14. The van der Waals surface area contributed by atoms with Crippen LogP contribution in [0.3, 0.4) is 0 Å². The number of esters is 1. The summed E-state index contributed by atoms with van der Waals surface area (Å²) >= 11 is 0. The lowest BCUT2D eigenvalue weighted by Crippen LogP contribution is -2.45. The van der Waals surface area contributed by atoms with E-state index in [2.05, 4.69) is 9.73 Å². The summed E-state index contributed by atoms with van der Waals surface area (Å²) in [4.78, 5) is 17.0. The van der Waals surface area contributed by atoms with E-state index in [1.165, 1.54) is 7.11 Å². The van der Waals surface area contributed by atoms with Crippen LogP contribution in [-0.4, -0.2) is 50.0 Å².